The van der Waals surface area contributed by atoms with Crippen LogP contribution in [0.5, 0.6) is 0 Å². The Hall–Kier alpha value is -2.15. The Morgan fingerprint density at radius 1 is 1.31 bits per heavy atom. The van der Waals surface area contributed by atoms with Gasteiger partial charge in [0, 0.05) is 31.4 Å². The number of hydrogen-bond donors (Lipinski definition) is 1. The summed E-state index contributed by atoms with van der Waals surface area (Å²) in [5.74, 6) is -0.0975. The topological polar surface area (TPSA) is 82.7 Å². The van der Waals surface area contributed by atoms with Gasteiger partial charge >= 0.3 is 0 Å². The first-order valence-corrected chi connectivity index (χ1v) is 9.46. The molecule has 3 atom stereocenters. The second-order valence-corrected chi connectivity index (χ2v) is 7.49. The fourth-order valence-electron chi connectivity index (χ4n) is 5.06. The number of aromatic nitrogens is 1. The number of nitrogens with one attached hydrogen (secondary N) is 1. The molecule has 3 fully saturated rings. The third kappa shape index (κ3) is 2.48. The van der Waals surface area contributed by atoms with E-state index in [4.69, 9.17) is 4.74 Å². The minimum absolute atomic E-state index is 0.0389. The van der Waals surface area contributed by atoms with E-state index in [-0.39, 0.29) is 35.0 Å². The number of ether oxygens (including phenoxy) is 1. The lowest BCUT2D eigenvalue weighted by atomic mass is 9.70. The van der Waals surface area contributed by atoms with Gasteiger partial charge in [0.15, 0.2) is 0 Å². The molecule has 4 heterocycles. The van der Waals surface area contributed by atoms with Gasteiger partial charge in [0.1, 0.15) is 5.56 Å². The van der Waals surface area contributed by atoms with Gasteiger partial charge in [-0.2, -0.15) is 0 Å². The third-order valence-electron chi connectivity index (χ3n) is 6.38. The van der Waals surface area contributed by atoms with Crippen LogP contribution in [-0.4, -0.2) is 65.0 Å². The molecule has 140 valence electrons. The minimum atomic E-state index is -0.530. The molecule has 3 aliphatic rings. The third-order valence-corrected chi connectivity index (χ3v) is 6.38. The van der Waals surface area contributed by atoms with Crippen LogP contribution in [0.4, 0.5) is 0 Å². The predicted octanol–water partition coefficient (Wildman–Crippen LogP) is 1.01. The first kappa shape index (κ1) is 17.3. The Morgan fingerprint density at radius 3 is 2.77 bits per heavy atom. The van der Waals surface area contributed by atoms with Crippen molar-refractivity contribution in [2.75, 3.05) is 26.3 Å². The quantitative estimate of drug-likeness (QED) is 0.873. The van der Waals surface area contributed by atoms with Crippen molar-refractivity contribution in [1.82, 2.24) is 14.8 Å². The molecule has 0 spiro atoms. The number of H-pyrrole nitrogens is 1. The maximum Gasteiger partial charge on any atom is 0.260 e. The van der Waals surface area contributed by atoms with Crippen molar-refractivity contribution in [2.24, 2.45) is 5.41 Å². The summed E-state index contributed by atoms with van der Waals surface area (Å²) < 4.78 is 5.37. The Labute approximate surface area is 152 Å². The van der Waals surface area contributed by atoms with Crippen molar-refractivity contribution in [2.45, 2.75) is 44.7 Å². The van der Waals surface area contributed by atoms with Crippen molar-refractivity contribution in [3.63, 3.8) is 0 Å². The maximum atomic E-state index is 13.4. The number of rotatable bonds is 3. The fraction of sp³-hybridized carbons (Fsp3) is 0.632. The second kappa shape index (κ2) is 6.54. The molecule has 7 heteroatoms. The largest absolute Gasteiger partial charge is 0.378 e. The summed E-state index contributed by atoms with van der Waals surface area (Å²) in [6.45, 7) is 4.41. The lowest BCUT2D eigenvalue weighted by Gasteiger charge is -2.40. The van der Waals surface area contributed by atoms with Crippen molar-refractivity contribution in [1.29, 1.82) is 0 Å². The molecular formula is C19H25N3O4. The summed E-state index contributed by atoms with van der Waals surface area (Å²) in [4.78, 5) is 44.8. The number of carbonyl (C=O) groups excluding carboxylic acids is 2. The van der Waals surface area contributed by atoms with Gasteiger partial charge in [-0.3, -0.25) is 14.4 Å². The molecule has 0 aromatic carbocycles. The highest BCUT2D eigenvalue weighted by molar-refractivity contribution is 5.96. The van der Waals surface area contributed by atoms with Crippen LogP contribution in [0, 0.1) is 5.41 Å². The van der Waals surface area contributed by atoms with E-state index in [1.165, 1.54) is 6.20 Å². The zero-order valence-electron chi connectivity index (χ0n) is 15.1. The van der Waals surface area contributed by atoms with E-state index in [1.54, 1.807) is 12.1 Å². The van der Waals surface area contributed by atoms with Crippen LogP contribution >= 0.6 is 0 Å². The fourth-order valence-corrected chi connectivity index (χ4v) is 5.06. The summed E-state index contributed by atoms with van der Waals surface area (Å²) in [6, 6.07) is 3.14. The average Bonchev–Trinajstić information content (AvgIpc) is 3.24. The molecule has 0 radical (unpaired) electrons. The average molecular weight is 359 g/mol. The van der Waals surface area contributed by atoms with Gasteiger partial charge in [-0.1, -0.05) is 6.92 Å². The maximum absolute atomic E-state index is 13.4. The van der Waals surface area contributed by atoms with Crippen LogP contribution in [0.3, 0.4) is 0 Å². The normalized spacial score (nSPS) is 30.7. The molecule has 0 saturated carbocycles. The number of hydrogen-bond acceptors (Lipinski definition) is 4. The van der Waals surface area contributed by atoms with Crippen LogP contribution in [-0.2, 0) is 9.53 Å². The Kier molecular flexibility index (Phi) is 4.34. The summed E-state index contributed by atoms with van der Waals surface area (Å²) in [5, 5.41) is 0. The summed E-state index contributed by atoms with van der Waals surface area (Å²) in [6.07, 6.45) is 4.65. The number of pyridine rings is 1. The van der Waals surface area contributed by atoms with E-state index in [0.717, 1.165) is 12.8 Å². The molecular weight excluding hydrogens is 334 g/mol. The first-order valence-electron chi connectivity index (χ1n) is 9.46. The van der Waals surface area contributed by atoms with Crippen molar-refractivity contribution in [3.05, 3.63) is 34.2 Å². The van der Waals surface area contributed by atoms with E-state index in [2.05, 4.69) is 4.98 Å². The number of carbonyl (C=O) groups is 2. The van der Waals surface area contributed by atoms with E-state index in [1.807, 2.05) is 16.7 Å². The Morgan fingerprint density at radius 2 is 2.08 bits per heavy atom. The molecule has 2 amide bonds. The number of nitrogens with zero attached hydrogens (tertiary/aromatic N) is 2. The SMILES string of the molecule is CC[C@]1(C(=O)N2CCOCC2)C[C@H]2CC[C@@H]1N2C(=O)c1ccc[nH]c1=O. The molecule has 3 saturated heterocycles. The number of aromatic amines is 1. The molecule has 26 heavy (non-hydrogen) atoms. The molecule has 7 nitrogen and oxygen atoms in total. The molecule has 3 aliphatic heterocycles. The summed E-state index contributed by atoms with van der Waals surface area (Å²) in [5.41, 5.74) is -0.738. The first-order chi connectivity index (χ1) is 12.6. The lowest BCUT2D eigenvalue weighted by molar-refractivity contribution is -0.148. The Balaban J connectivity index is 1.64. The lowest BCUT2D eigenvalue weighted by Crippen LogP contribution is -2.53. The molecule has 2 bridgehead atoms. The van der Waals surface area contributed by atoms with Crippen LogP contribution < -0.4 is 5.56 Å². The van der Waals surface area contributed by atoms with Gasteiger partial charge < -0.3 is 19.5 Å². The molecule has 1 aromatic rings. The standard InChI is InChI=1S/C19H25N3O4/c1-2-19(18(25)21-8-10-26-11-9-21)12-13-5-6-15(19)22(13)17(24)14-4-3-7-20-16(14)23/h3-4,7,13,15H,2,5-6,8-12H2,1H3,(H,20,23)/t13-,15+,19+/m1/s1. The van der Waals surface area contributed by atoms with Crippen molar-refractivity contribution >= 4 is 11.8 Å². The molecule has 0 unspecified atom stereocenters. The number of morpholine rings is 1. The monoisotopic (exact) mass is 359 g/mol. The highest BCUT2D eigenvalue weighted by Gasteiger charge is 2.61. The highest BCUT2D eigenvalue weighted by atomic mass is 16.5. The summed E-state index contributed by atoms with van der Waals surface area (Å²) in [7, 11) is 0. The predicted molar refractivity (Wildman–Crippen MR) is 94.8 cm³/mol. The van der Waals surface area contributed by atoms with E-state index in [0.29, 0.717) is 39.1 Å². The van der Waals surface area contributed by atoms with Crippen LogP contribution in [0.15, 0.2) is 23.1 Å². The molecule has 4 rings (SSSR count). The van der Waals surface area contributed by atoms with E-state index < -0.39 is 5.41 Å². The van der Waals surface area contributed by atoms with Gasteiger partial charge in [-0.05, 0) is 37.8 Å². The van der Waals surface area contributed by atoms with E-state index in [9.17, 15) is 14.4 Å². The zero-order chi connectivity index (χ0) is 18.3. The van der Waals surface area contributed by atoms with Gasteiger partial charge in [0.05, 0.1) is 18.6 Å². The minimum Gasteiger partial charge on any atom is -0.378 e. The molecule has 1 N–H and O–H groups in total. The van der Waals surface area contributed by atoms with Crippen LogP contribution in [0.25, 0.3) is 0 Å². The van der Waals surface area contributed by atoms with Gasteiger partial charge in [-0.15, -0.1) is 0 Å². The van der Waals surface area contributed by atoms with Crippen LogP contribution in [0.1, 0.15) is 43.0 Å². The van der Waals surface area contributed by atoms with Gasteiger partial charge in [0.25, 0.3) is 11.5 Å². The van der Waals surface area contributed by atoms with Crippen molar-refractivity contribution < 1.29 is 14.3 Å². The summed E-state index contributed by atoms with van der Waals surface area (Å²) >= 11 is 0. The van der Waals surface area contributed by atoms with E-state index >= 15 is 0 Å². The second-order valence-electron chi connectivity index (χ2n) is 7.49. The number of fused-ring (bicyclic) bond motifs is 2. The van der Waals surface area contributed by atoms with Crippen LogP contribution in [0.2, 0.25) is 0 Å². The molecule has 1 aromatic heterocycles. The smallest absolute Gasteiger partial charge is 0.260 e. The van der Waals surface area contributed by atoms with Gasteiger partial charge in [-0.25, -0.2) is 0 Å². The highest BCUT2D eigenvalue weighted by Crippen LogP contribution is 2.53. The Bertz CT molecular complexity index is 770. The van der Waals surface area contributed by atoms with Gasteiger partial charge in [0.2, 0.25) is 5.91 Å². The molecule has 0 aliphatic carbocycles. The van der Waals surface area contributed by atoms with Crippen molar-refractivity contribution in [3.8, 4) is 0 Å². The number of amides is 2. The zero-order valence-corrected chi connectivity index (χ0v) is 15.1.